The zero-order valence-electron chi connectivity index (χ0n) is 18.8. The fraction of sp³-hybridized carbons (Fsp3) is 0.0968. The van der Waals surface area contributed by atoms with Crippen molar-refractivity contribution in [3.8, 4) is 45.0 Å². The van der Waals surface area contributed by atoms with Gasteiger partial charge in [0.25, 0.3) is 0 Å². The molecule has 158 valence electrons. The normalized spacial score (nSPS) is 13.4. The highest BCUT2D eigenvalue weighted by atomic mass is 14.9. The Morgan fingerprint density at radius 3 is 1.79 bits per heavy atom. The molecule has 1 aromatic heterocycles. The van der Waals surface area contributed by atoms with Gasteiger partial charge in [-0.3, -0.25) is 0 Å². The number of nitrogens with zero attached hydrogens (tertiary/aromatic N) is 2. The van der Waals surface area contributed by atoms with Crippen LogP contribution < -0.4 is 0 Å². The van der Waals surface area contributed by atoms with Crippen molar-refractivity contribution >= 4 is 0 Å². The summed E-state index contributed by atoms with van der Waals surface area (Å²) in [6, 6.07) is 38.2. The lowest BCUT2D eigenvalue weighted by Crippen LogP contribution is -2.14. The van der Waals surface area contributed by atoms with E-state index in [2.05, 4.69) is 98.8 Å². The first-order valence-electron chi connectivity index (χ1n) is 11.4. The van der Waals surface area contributed by atoms with Gasteiger partial charge in [0, 0.05) is 22.1 Å². The van der Waals surface area contributed by atoms with Crippen molar-refractivity contribution in [2.24, 2.45) is 0 Å². The Morgan fingerprint density at radius 1 is 0.485 bits per heavy atom. The fourth-order valence-electron chi connectivity index (χ4n) is 4.93. The number of fused-ring (bicyclic) bond motifs is 3. The van der Waals surface area contributed by atoms with Crippen molar-refractivity contribution in [1.82, 2.24) is 9.97 Å². The quantitative estimate of drug-likeness (QED) is 0.295. The number of aromatic nitrogens is 2. The SMILES string of the molecule is CC1(C)c2ccccc2-c2ccc(-c3cc(-c4ccccc4)nc(-c4ccccc4)n3)cc21. The van der Waals surface area contributed by atoms with Gasteiger partial charge in [0.05, 0.1) is 11.4 Å². The fourth-order valence-corrected chi connectivity index (χ4v) is 4.93. The smallest absolute Gasteiger partial charge is 0.160 e. The van der Waals surface area contributed by atoms with Crippen LogP contribution in [0, 0.1) is 0 Å². The minimum atomic E-state index is -0.0422. The van der Waals surface area contributed by atoms with E-state index in [-0.39, 0.29) is 5.41 Å². The Labute approximate surface area is 194 Å². The minimum Gasteiger partial charge on any atom is -0.228 e. The molecule has 0 saturated carbocycles. The largest absolute Gasteiger partial charge is 0.228 e. The highest BCUT2D eigenvalue weighted by Gasteiger charge is 2.35. The van der Waals surface area contributed by atoms with Gasteiger partial charge in [-0.15, -0.1) is 0 Å². The Kier molecular flexibility index (Phi) is 4.48. The zero-order valence-corrected chi connectivity index (χ0v) is 18.8. The summed E-state index contributed by atoms with van der Waals surface area (Å²) >= 11 is 0. The third-order valence-corrected chi connectivity index (χ3v) is 6.71. The topological polar surface area (TPSA) is 25.8 Å². The van der Waals surface area contributed by atoms with Gasteiger partial charge in [-0.1, -0.05) is 111 Å². The third-order valence-electron chi connectivity index (χ3n) is 6.71. The molecule has 5 aromatic rings. The van der Waals surface area contributed by atoms with Crippen LogP contribution in [0.4, 0.5) is 0 Å². The number of hydrogen-bond acceptors (Lipinski definition) is 2. The second-order valence-corrected chi connectivity index (χ2v) is 9.13. The van der Waals surface area contributed by atoms with Crippen LogP contribution >= 0.6 is 0 Å². The summed E-state index contributed by atoms with van der Waals surface area (Å²) in [5, 5.41) is 0. The average molecular weight is 425 g/mol. The zero-order chi connectivity index (χ0) is 22.4. The summed E-state index contributed by atoms with van der Waals surface area (Å²) < 4.78 is 0. The van der Waals surface area contributed by atoms with Crippen LogP contribution in [0.2, 0.25) is 0 Å². The lowest BCUT2D eigenvalue weighted by atomic mass is 9.82. The van der Waals surface area contributed by atoms with Gasteiger partial charge in [-0.05, 0) is 34.4 Å². The van der Waals surface area contributed by atoms with E-state index in [0.717, 1.165) is 33.9 Å². The van der Waals surface area contributed by atoms with Crippen molar-refractivity contribution in [3.05, 3.63) is 120 Å². The molecular weight excluding hydrogens is 400 g/mol. The number of rotatable bonds is 3. The molecule has 6 rings (SSSR count). The molecule has 2 heteroatoms. The molecule has 0 aliphatic heterocycles. The first-order valence-corrected chi connectivity index (χ1v) is 11.4. The molecule has 0 saturated heterocycles. The molecule has 0 unspecified atom stereocenters. The van der Waals surface area contributed by atoms with Crippen molar-refractivity contribution in [2.75, 3.05) is 0 Å². The average Bonchev–Trinajstić information content (AvgIpc) is 3.11. The molecule has 1 aliphatic rings. The molecular formula is C31H24N2. The van der Waals surface area contributed by atoms with E-state index in [1.165, 1.54) is 22.3 Å². The molecule has 0 fully saturated rings. The van der Waals surface area contributed by atoms with Crippen LogP contribution in [0.5, 0.6) is 0 Å². The first kappa shape index (κ1) is 19.6. The maximum Gasteiger partial charge on any atom is 0.160 e. The van der Waals surface area contributed by atoms with Crippen LogP contribution in [0.1, 0.15) is 25.0 Å². The summed E-state index contributed by atoms with van der Waals surface area (Å²) in [7, 11) is 0. The molecule has 0 amide bonds. The van der Waals surface area contributed by atoms with Gasteiger partial charge in [0.1, 0.15) is 0 Å². The van der Waals surface area contributed by atoms with Crippen LogP contribution in [-0.4, -0.2) is 9.97 Å². The third kappa shape index (κ3) is 3.27. The summed E-state index contributed by atoms with van der Waals surface area (Å²) in [4.78, 5) is 9.93. The van der Waals surface area contributed by atoms with Crippen LogP contribution in [0.25, 0.3) is 45.0 Å². The van der Waals surface area contributed by atoms with E-state index in [1.54, 1.807) is 0 Å². The summed E-state index contributed by atoms with van der Waals surface area (Å²) in [6.07, 6.45) is 0. The molecule has 4 aromatic carbocycles. The maximum absolute atomic E-state index is 5.01. The van der Waals surface area contributed by atoms with E-state index in [9.17, 15) is 0 Å². The molecule has 0 atom stereocenters. The maximum atomic E-state index is 5.01. The lowest BCUT2D eigenvalue weighted by Gasteiger charge is -2.22. The molecule has 2 nitrogen and oxygen atoms in total. The van der Waals surface area contributed by atoms with Crippen molar-refractivity contribution < 1.29 is 0 Å². The van der Waals surface area contributed by atoms with E-state index in [0.29, 0.717) is 0 Å². The molecule has 0 spiro atoms. The van der Waals surface area contributed by atoms with Gasteiger partial charge in [0.2, 0.25) is 0 Å². The van der Waals surface area contributed by atoms with E-state index in [4.69, 9.17) is 9.97 Å². The minimum absolute atomic E-state index is 0.0422. The van der Waals surface area contributed by atoms with E-state index in [1.807, 2.05) is 24.3 Å². The molecule has 0 N–H and O–H groups in total. The van der Waals surface area contributed by atoms with Crippen molar-refractivity contribution in [1.29, 1.82) is 0 Å². The first-order chi connectivity index (χ1) is 16.1. The Morgan fingerprint density at radius 2 is 1.06 bits per heavy atom. The molecule has 0 bridgehead atoms. The highest BCUT2D eigenvalue weighted by Crippen LogP contribution is 2.49. The summed E-state index contributed by atoms with van der Waals surface area (Å²) in [5.41, 5.74) is 10.4. The van der Waals surface area contributed by atoms with Gasteiger partial charge in [-0.25, -0.2) is 9.97 Å². The molecule has 1 heterocycles. The monoisotopic (exact) mass is 424 g/mol. The molecule has 1 aliphatic carbocycles. The van der Waals surface area contributed by atoms with Crippen molar-refractivity contribution in [3.63, 3.8) is 0 Å². The van der Waals surface area contributed by atoms with E-state index >= 15 is 0 Å². The Hall–Kier alpha value is -4.04. The predicted octanol–water partition coefficient (Wildman–Crippen LogP) is 7.78. The van der Waals surface area contributed by atoms with Crippen molar-refractivity contribution in [2.45, 2.75) is 19.3 Å². The van der Waals surface area contributed by atoms with Gasteiger partial charge < -0.3 is 0 Å². The van der Waals surface area contributed by atoms with Crippen LogP contribution in [-0.2, 0) is 5.41 Å². The van der Waals surface area contributed by atoms with Crippen LogP contribution in [0.3, 0.4) is 0 Å². The lowest BCUT2D eigenvalue weighted by molar-refractivity contribution is 0.660. The standard InChI is InChI=1S/C31H24N2/c1-31(2)26-16-10-9-15-24(26)25-18-17-23(19-27(25)31)29-20-28(21-11-5-3-6-12-21)32-30(33-29)22-13-7-4-8-14-22/h3-20H,1-2H3. The molecule has 33 heavy (non-hydrogen) atoms. The Balaban J connectivity index is 1.54. The van der Waals surface area contributed by atoms with Gasteiger partial charge in [0.15, 0.2) is 5.82 Å². The second kappa shape index (κ2) is 7.53. The van der Waals surface area contributed by atoms with Gasteiger partial charge >= 0.3 is 0 Å². The summed E-state index contributed by atoms with van der Waals surface area (Å²) in [5.74, 6) is 0.745. The molecule has 0 radical (unpaired) electrons. The number of benzene rings is 4. The van der Waals surface area contributed by atoms with Gasteiger partial charge in [-0.2, -0.15) is 0 Å². The van der Waals surface area contributed by atoms with Crippen LogP contribution in [0.15, 0.2) is 109 Å². The highest BCUT2D eigenvalue weighted by molar-refractivity contribution is 5.83. The van der Waals surface area contributed by atoms with E-state index < -0.39 is 0 Å². The summed E-state index contributed by atoms with van der Waals surface area (Å²) in [6.45, 7) is 4.62. The second-order valence-electron chi connectivity index (χ2n) is 9.13. The number of hydrogen-bond donors (Lipinski definition) is 0. The Bertz CT molecular complexity index is 1410. The predicted molar refractivity (Wildman–Crippen MR) is 136 cm³/mol.